The minimum atomic E-state index is -1.66. The van der Waals surface area contributed by atoms with Crippen LogP contribution >= 0.6 is 0 Å². The first-order valence-electron chi connectivity index (χ1n) is 8.21. The molecular formula is C19H17F3N2O3. The van der Waals surface area contributed by atoms with Crippen molar-refractivity contribution in [2.24, 2.45) is 11.8 Å². The summed E-state index contributed by atoms with van der Waals surface area (Å²) in [5.74, 6) is -6.27. The van der Waals surface area contributed by atoms with E-state index in [1.807, 2.05) is 13.0 Å². The zero-order valence-corrected chi connectivity index (χ0v) is 14.6. The van der Waals surface area contributed by atoms with E-state index in [2.05, 4.69) is 10.6 Å². The number of halogens is 3. The number of hydrogen-bond acceptors (Lipinski definition) is 3. The van der Waals surface area contributed by atoms with Crippen LogP contribution < -0.4 is 15.4 Å². The Kier molecular flexibility index (Phi) is 5.07. The second-order valence-electron chi connectivity index (χ2n) is 6.35. The van der Waals surface area contributed by atoms with Crippen LogP contribution in [-0.2, 0) is 9.59 Å². The van der Waals surface area contributed by atoms with E-state index in [1.165, 1.54) is 7.11 Å². The van der Waals surface area contributed by atoms with Crippen LogP contribution in [-0.4, -0.2) is 18.9 Å². The highest BCUT2D eigenvalue weighted by molar-refractivity contribution is 6.03. The lowest BCUT2D eigenvalue weighted by atomic mass is 10.2. The second-order valence-corrected chi connectivity index (χ2v) is 6.35. The molecule has 0 heterocycles. The average Bonchev–Trinajstić information content (AvgIpc) is 3.43. The SMILES string of the molecule is COc1ccc(C)cc1NC(=O)C1CC1C(=O)Nc1ccc(F)c(F)c1F. The second kappa shape index (κ2) is 7.30. The number of anilines is 2. The van der Waals surface area contributed by atoms with Crippen LogP contribution in [0.1, 0.15) is 12.0 Å². The molecule has 1 aliphatic carbocycles. The molecule has 2 atom stereocenters. The summed E-state index contributed by atoms with van der Waals surface area (Å²) in [6.07, 6.45) is 0.275. The van der Waals surface area contributed by atoms with Crippen LogP contribution in [0.5, 0.6) is 5.75 Å². The summed E-state index contributed by atoms with van der Waals surface area (Å²) in [5, 5.41) is 4.91. The van der Waals surface area contributed by atoms with Crippen LogP contribution in [0.15, 0.2) is 30.3 Å². The molecule has 0 aliphatic heterocycles. The number of carbonyl (C=O) groups excluding carboxylic acids is 2. The molecule has 27 heavy (non-hydrogen) atoms. The number of aryl methyl sites for hydroxylation is 1. The zero-order chi connectivity index (χ0) is 19.7. The first kappa shape index (κ1) is 18.8. The van der Waals surface area contributed by atoms with E-state index >= 15 is 0 Å². The standard InChI is InChI=1S/C19H17F3N2O3/c1-9-3-6-15(27-2)14(7-9)24-19(26)11-8-10(11)18(25)23-13-5-4-12(20)16(21)17(13)22/h3-7,10-11H,8H2,1-2H3,(H,23,25)(H,24,26). The maximum atomic E-state index is 13.6. The van der Waals surface area contributed by atoms with Gasteiger partial charge in [0, 0.05) is 0 Å². The summed E-state index contributed by atoms with van der Waals surface area (Å²) in [6, 6.07) is 6.94. The van der Waals surface area contributed by atoms with Gasteiger partial charge in [0.25, 0.3) is 0 Å². The minimum Gasteiger partial charge on any atom is -0.495 e. The number of methoxy groups -OCH3 is 1. The summed E-state index contributed by atoms with van der Waals surface area (Å²) in [5.41, 5.74) is 0.940. The molecule has 0 spiro atoms. The van der Waals surface area contributed by atoms with Gasteiger partial charge >= 0.3 is 0 Å². The molecular weight excluding hydrogens is 361 g/mol. The van der Waals surface area contributed by atoms with Gasteiger partial charge in [0.2, 0.25) is 11.8 Å². The Morgan fingerprint density at radius 1 is 0.963 bits per heavy atom. The van der Waals surface area contributed by atoms with Crippen molar-refractivity contribution < 1.29 is 27.5 Å². The van der Waals surface area contributed by atoms with Gasteiger partial charge < -0.3 is 15.4 Å². The van der Waals surface area contributed by atoms with E-state index < -0.39 is 40.9 Å². The molecule has 3 rings (SSSR count). The van der Waals surface area contributed by atoms with Gasteiger partial charge in [-0.25, -0.2) is 13.2 Å². The van der Waals surface area contributed by atoms with Gasteiger partial charge in [-0.2, -0.15) is 0 Å². The summed E-state index contributed by atoms with van der Waals surface area (Å²) in [4.78, 5) is 24.5. The van der Waals surface area contributed by atoms with Crippen LogP contribution in [0.2, 0.25) is 0 Å². The van der Waals surface area contributed by atoms with Gasteiger partial charge in [0.1, 0.15) is 5.75 Å². The molecule has 2 amide bonds. The topological polar surface area (TPSA) is 67.4 Å². The molecule has 142 valence electrons. The molecule has 1 fully saturated rings. The summed E-state index contributed by atoms with van der Waals surface area (Å²) < 4.78 is 45.0. The number of hydrogen-bond donors (Lipinski definition) is 2. The quantitative estimate of drug-likeness (QED) is 0.781. The van der Waals surface area contributed by atoms with Crippen molar-refractivity contribution in [3.8, 4) is 5.75 Å². The van der Waals surface area contributed by atoms with Crippen LogP contribution in [0, 0.1) is 36.2 Å². The predicted octanol–water partition coefficient (Wildman–Crippen LogP) is 3.63. The lowest BCUT2D eigenvalue weighted by molar-refractivity contribution is -0.122. The molecule has 2 N–H and O–H groups in total. The molecule has 2 aromatic rings. The predicted molar refractivity (Wildman–Crippen MR) is 92.9 cm³/mol. The Morgan fingerprint density at radius 3 is 2.22 bits per heavy atom. The van der Waals surface area contributed by atoms with Crippen molar-refractivity contribution in [2.45, 2.75) is 13.3 Å². The Bertz CT molecular complexity index is 917. The number of ether oxygens (including phenoxy) is 1. The molecule has 1 saturated carbocycles. The van der Waals surface area contributed by atoms with E-state index in [0.717, 1.165) is 17.7 Å². The van der Waals surface area contributed by atoms with Crippen molar-refractivity contribution >= 4 is 23.2 Å². The van der Waals surface area contributed by atoms with Gasteiger partial charge in [-0.3, -0.25) is 9.59 Å². The van der Waals surface area contributed by atoms with Crippen molar-refractivity contribution in [1.82, 2.24) is 0 Å². The zero-order valence-electron chi connectivity index (χ0n) is 14.6. The third kappa shape index (κ3) is 3.89. The number of amides is 2. The lowest BCUT2D eigenvalue weighted by Crippen LogP contribution is -2.21. The van der Waals surface area contributed by atoms with Crippen molar-refractivity contribution in [1.29, 1.82) is 0 Å². The van der Waals surface area contributed by atoms with Crippen molar-refractivity contribution in [3.05, 3.63) is 53.3 Å². The third-order valence-electron chi connectivity index (χ3n) is 4.37. The highest BCUT2D eigenvalue weighted by Crippen LogP contribution is 2.41. The van der Waals surface area contributed by atoms with Gasteiger partial charge in [-0.15, -0.1) is 0 Å². The fourth-order valence-corrected chi connectivity index (χ4v) is 2.77. The molecule has 0 bridgehead atoms. The average molecular weight is 378 g/mol. The lowest BCUT2D eigenvalue weighted by Gasteiger charge is -2.11. The normalized spacial score (nSPS) is 18.0. The van der Waals surface area contributed by atoms with Crippen LogP contribution in [0.3, 0.4) is 0 Å². The molecule has 8 heteroatoms. The minimum absolute atomic E-state index is 0.275. The first-order valence-corrected chi connectivity index (χ1v) is 8.21. The highest BCUT2D eigenvalue weighted by atomic mass is 19.2. The van der Waals surface area contributed by atoms with Crippen molar-refractivity contribution in [2.75, 3.05) is 17.7 Å². The van der Waals surface area contributed by atoms with Gasteiger partial charge in [-0.05, 0) is 43.2 Å². The van der Waals surface area contributed by atoms with E-state index in [-0.39, 0.29) is 12.3 Å². The molecule has 5 nitrogen and oxygen atoms in total. The summed E-state index contributed by atoms with van der Waals surface area (Å²) in [7, 11) is 1.48. The summed E-state index contributed by atoms with van der Waals surface area (Å²) in [6.45, 7) is 1.86. The Hall–Kier alpha value is -3.03. The highest BCUT2D eigenvalue weighted by Gasteiger charge is 2.48. The van der Waals surface area contributed by atoms with Crippen molar-refractivity contribution in [3.63, 3.8) is 0 Å². The molecule has 1 aliphatic rings. The van der Waals surface area contributed by atoms with Crippen LogP contribution in [0.4, 0.5) is 24.5 Å². The van der Waals surface area contributed by atoms with E-state index in [9.17, 15) is 22.8 Å². The first-order chi connectivity index (χ1) is 12.8. The number of benzene rings is 2. The molecule has 0 aromatic heterocycles. The third-order valence-corrected chi connectivity index (χ3v) is 4.37. The monoisotopic (exact) mass is 378 g/mol. The van der Waals surface area contributed by atoms with E-state index in [0.29, 0.717) is 11.4 Å². The number of nitrogens with one attached hydrogen (secondary N) is 2. The number of rotatable bonds is 5. The smallest absolute Gasteiger partial charge is 0.228 e. The number of carbonyl (C=O) groups is 2. The fraction of sp³-hybridized carbons (Fsp3) is 0.263. The van der Waals surface area contributed by atoms with Gasteiger partial charge in [0.05, 0.1) is 30.3 Å². The largest absolute Gasteiger partial charge is 0.495 e. The van der Waals surface area contributed by atoms with Gasteiger partial charge in [-0.1, -0.05) is 6.07 Å². The van der Waals surface area contributed by atoms with Crippen LogP contribution in [0.25, 0.3) is 0 Å². The molecule has 2 unspecified atom stereocenters. The Labute approximate surface area is 153 Å². The molecule has 0 saturated heterocycles. The van der Waals surface area contributed by atoms with E-state index in [4.69, 9.17) is 4.74 Å². The Balaban J connectivity index is 1.64. The molecule has 2 aromatic carbocycles. The van der Waals surface area contributed by atoms with E-state index in [1.54, 1.807) is 12.1 Å². The summed E-state index contributed by atoms with van der Waals surface area (Å²) >= 11 is 0. The fourth-order valence-electron chi connectivity index (χ4n) is 2.77. The molecule has 0 radical (unpaired) electrons. The maximum absolute atomic E-state index is 13.6. The maximum Gasteiger partial charge on any atom is 0.228 e. The van der Waals surface area contributed by atoms with Gasteiger partial charge in [0.15, 0.2) is 17.5 Å². The Morgan fingerprint density at radius 2 is 1.59 bits per heavy atom.